The van der Waals surface area contributed by atoms with Crippen LogP contribution in [0.4, 0.5) is 0 Å². The summed E-state index contributed by atoms with van der Waals surface area (Å²) >= 11 is 5.92. The third-order valence-corrected chi connectivity index (χ3v) is 3.96. The molecule has 1 aromatic carbocycles. The average molecular weight is 248 g/mol. The molecule has 0 amide bonds. The van der Waals surface area contributed by atoms with Gasteiger partial charge in [0.25, 0.3) is 0 Å². The van der Waals surface area contributed by atoms with Gasteiger partial charge >= 0.3 is 0 Å². The summed E-state index contributed by atoms with van der Waals surface area (Å²) in [5, 5.41) is 0.959. The van der Waals surface area contributed by atoms with Crippen LogP contribution >= 0.6 is 24.0 Å². The van der Waals surface area contributed by atoms with Crippen molar-refractivity contribution < 1.29 is 4.42 Å². The summed E-state index contributed by atoms with van der Waals surface area (Å²) < 4.78 is 6.22. The number of fused-ring (bicyclic) bond motifs is 1. The summed E-state index contributed by atoms with van der Waals surface area (Å²) in [7, 11) is 0. The third kappa shape index (κ3) is 1.52. The molecule has 0 fully saturated rings. The number of rotatable bonds is 1. The van der Waals surface area contributed by atoms with Gasteiger partial charge in [-0.3, -0.25) is 0 Å². The summed E-state index contributed by atoms with van der Waals surface area (Å²) in [4.78, 5) is 8.53. The van der Waals surface area contributed by atoms with Crippen LogP contribution in [0.1, 0.15) is 5.69 Å². The molecule has 0 aliphatic rings. The van der Waals surface area contributed by atoms with Crippen molar-refractivity contribution in [2.24, 2.45) is 0 Å². The molecule has 3 nitrogen and oxygen atoms in total. The van der Waals surface area contributed by atoms with Crippen LogP contribution in [0.25, 0.3) is 21.7 Å². The monoisotopic (exact) mass is 248 g/mol. The Labute approximate surface area is 102 Å². The predicted molar refractivity (Wildman–Crippen MR) is 67.1 cm³/mol. The summed E-state index contributed by atoms with van der Waals surface area (Å²) in [6.45, 7) is 1.95. The number of benzene rings is 1. The van der Waals surface area contributed by atoms with Gasteiger partial charge in [0.2, 0.25) is 0 Å². The Morgan fingerprint density at radius 1 is 1.38 bits per heavy atom. The number of aryl methyl sites for hydroxylation is 1. The Morgan fingerprint density at radius 3 is 3.00 bits per heavy atom. The minimum absolute atomic E-state index is 0.783. The summed E-state index contributed by atoms with van der Waals surface area (Å²) in [6, 6.07) is 5.88. The van der Waals surface area contributed by atoms with E-state index >= 15 is 0 Å². The van der Waals surface area contributed by atoms with Crippen LogP contribution in [0, 0.1) is 6.92 Å². The normalized spacial score (nSPS) is 11.1. The maximum atomic E-state index is 5.26. The Bertz CT molecular complexity index is 637. The Morgan fingerprint density at radius 2 is 2.25 bits per heavy atom. The number of aromatic nitrogens is 2. The molecular formula is C11H8N2OS2. The highest BCUT2D eigenvalue weighted by atomic mass is 32.2. The van der Waals surface area contributed by atoms with Gasteiger partial charge in [-0.15, -0.1) is 24.0 Å². The lowest BCUT2D eigenvalue weighted by Crippen LogP contribution is -1.77. The maximum Gasteiger partial charge on any atom is 0.181 e. The molecule has 2 heterocycles. The summed E-state index contributed by atoms with van der Waals surface area (Å²) in [5.74, 6) is 0. The zero-order valence-corrected chi connectivity index (χ0v) is 10.2. The molecule has 0 saturated heterocycles. The lowest BCUT2D eigenvalue weighted by atomic mass is 10.2. The summed E-state index contributed by atoms with van der Waals surface area (Å²) in [5.41, 5.74) is 3.65. The smallest absolute Gasteiger partial charge is 0.181 e. The fraction of sp³-hybridized carbons (Fsp3) is 0.0909. The second kappa shape index (κ2) is 3.61. The van der Waals surface area contributed by atoms with Crippen molar-refractivity contribution in [2.45, 2.75) is 11.1 Å². The van der Waals surface area contributed by atoms with Crippen LogP contribution in [0.3, 0.4) is 0 Å². The van der Waals surface area contributed by atoms with Crippen molar-refractivity contribution >= 4 is 35.1 Å². The minimum Gasteiger partial charge on any atom is -0.443 e. The molecule has 0 unspecified atom stereocenters. The van der Waals surface area contributed by atoms with Crippen molar-refractivity contribution in [3.63, 3.8) is 0 Å². The molecule has 0 bridgehead atoms. The van der Waals surface area contributed by atoms with Crippen LogP contribution in [0.5, 0.6) is 0 Å². The van der Waals surface area contributed by atoms with Gasteiger partial charge in [0.15, 0.2) is 12.0 Å². The molecule has 0 radical (unpaired) electrons. The Kier molecular flexibility index (Phi) is 2.22. The molecule has 0 aliphatic heterocycles. The first-order chi connectivity index (χ1) is 7.74. The lowest BCUT2D eigenvalue weighted by Gasteiger charge is -1.94. The van der Waals surface area contributed by atoms with Crippen LogP contribution in [-0.4, -0.2) is 9.97 Å². The van der Waals surface area contributed by atoms with Crippen LogP contribution in [0.2, 0.25) is 0 Å². The largest absolute Gasteiger partial charge is 0.443 e. The molecule has 5 heteroatoms. The van der Waals surface area contributed by atoms with E-state index in [1.807, 2.05) is 25.1 Å². The van der Waals surface area contributed by atoms with Crippen molar-refractivity contribution in [3.05, 3.63) is 30.3 Å². The van der Waals surface area contributed by atoms with Crippen molar-refractivity contribution in [2.75, 3.05) is 0 Å². The van der Waals surface area contributed by atoms with Gasteiger partial charge in [-0.1, -0.05) is 0 Å². The number of thiol groups is 1. The maximum absolute atomic E-state index is 5.26. The third-order valence-electron chi connectivity index (χ3n) is 2.35. The van der Waals surface area contributed by atoms with E-state index in [1.54, 1.807) is 11.3 Å². The number of thiazole rings is 1. The van der Waals surface area contributed by atoms with Gasteiger partial charge in [-0.25, -0.2) is 9.97 Å². The van der Waals surface area contributed by atoms with Gasteiger partial charge in [0.1, 0.15) is 10.5 Å². The first kappa shape index (κ1) is 9.86. The van der Waals surface area contributed by atoms with E-state index in [0.29, 0.717) is 0 Å². The molecule has 0 atom stereocenters. The molecule has 16 heavy (non-hydrogen) atoms. The van der Waals surface area contributed by atoms with Gasteiger partial charge in [-0.05, 0) is 25.1 Å². The average Bonchev–Trinajstić information content (AvgIpc) is 2.85. The van der Waals surface area contributed by atoms with E-state index in [-0.39, 0.29) is 0 Å². The molecule has 0 saturated carbocycles. The molecule has 3 rings (SSSR count). The Hall–Kier alpha value is -1.33. The van der Waals surface area contributed by atoms with E-state index < -0.39 is 0 Å². The highest BCUT2D eigenvalue weighted by molar-refractivity contribution is 7.83. The number of nitrogens with zero attached hydrogens (tertiary/aromatic N) is 2. The van der Waals surface area contributed by atoms with Gasteiger partial charge in [0.05, 0.1) is 9.90 Å². The van der Waals surface area contributed by atoms with E-state index in [9.17, 15) is 0 Å². The number of hydrogen-bond acceptors (Lipinski definition) is 5. The second-order valence-electron chi connectivity index (χ2n) is 3.44. The molecule has 3 aromatic rings. The number of hydrogen-bond donors (Lipinski definition) is 1. The van der Waals surface area contributed by atoms with E-state index in [4.69, 9.17) is 4.42 Å². The van der Waals surface area contributed by atoms with Gasteiger partial charge in [-0.2, -0.15) is 0 Å². The zero-order chi connectivity index (χ0) is 11.1. The van der Waals surface area contributed by atoms with E-state index in [2.05, 4.69) is 22.6 Å². The summed E-state index contributed by atoms with van der Waals surface area (Å²) in [6.07, 6.45) is 1.45. The first-order valence-electron chi connectivity index (χ1n) is 4.74. The SMILES string of the molecule is Cc1nc(-c2ccc3ncoc3c2)sc1S. The quantitative estimate of drug-likeness (QED) is 0.669. The van der Waals surface area contributed by atoms with Gasteiger partial charge < -0.3 is 4.42 Å². The standard InChI is InChI=1S/C11H8N2OS2/c1-6-11(15)16-10(13-6)7-2-3-8-9(4-7)14-5-12-8/h2-5,15H,1H3. The molecule has 0 aliphatic carbocycles. The Balaban J connectivity index is 2.17. The number of oxazole rings is 1. The van der Waals surface area contributed by atoms with E-state index in [1.165, 1.54) is 6.39 Å². The zero-order valence-electron chi connectivity index (χ0n) is 8.47. The van der Waals surface area contributed by atoms with Crippen molar-refractivity contribution in [1.82, 2.24) is 9.97 Å². The molecule has 2 aromatic heterocycles. The van der Waals surface area contributed by atoms with Crippen molar-refractivity contribution in [1.29, 1.82) is 0 Å². The molecule has 0 N–H and O–H groups in total. The highest BCUT2D eigenvalue weighted by Crippen LogP contribution is 2.31. The first-order valence-corrected chi connectivity index (χ1v) is 6.00. The van der Waals surface area contributed by atoms with Crippen LogP contribution in [-0.2, 0) is 0 Å². The molecular weight excluding hydrogens is 240 g/mol. The highest BCUT2D eigenvalue weighted by Gasteiger charge is 2.08. The van der Waals surface area contributed by atoms with Gasteiger partial charge in [0, 0.05) is 5.56 Å². The minimum atomic E-state index is 0.783. The van der Waals surface area contributed by atoms with Crippen LogP contribution in [0.15, 0.2) is 33.2 Å². The fourth-order valence-corrected chi connectivity index (χ4v) is 2.61. The fourth-order valence-electron chi connectivity index (χ4n) is 1.50. The second-order valence-corrected chi connectivity index (χ2v) is 5.19. The van der Waals surface area contributed by atoms with Crippen LogP contribution < -0.4 is 0 Å². The predicted octanol–water partition coefficient (Wildman–Crippen LogP) is 3.55. The van der Waals surface area contributed by atoms with Crippen molar-refractivity contribution in [3.8, 4) is 10.6 Å². The van der Waals surface area contributed by atoms with E-state index in [0.717, 1.165) is 31.6 Å². The molecule has 0 spiro atoms. The topological polar surface area (TPSA) is 38.9 Å². The molecule has 80 valence electrons. The lowest BCUT2D eigenvalue weighted by molar-refractivity contribution is 0.602.